The Morgan fingerprint density at radius 1 is 1.04 bits per heavy atom. The zero-order valence-corrected chi connectivity index (χ0v) is 15.2. The van der Waals surface area contributed by atoms with Crippen molar-refractivity contribution in [3.63, 3.8) is 0 Å². The molecule has 25 heavy (non-hydrogen) atoms. The molecule has 3 rings (SSSR count). The molecule has 0 aliphatic carbocycles. The fourth-order valence-electron chi connectivity index (χ4n) is 2.84. The molecule has 0 atom stereocenters. The maximum Gasteiger partial charge on any atom is 0.169 e. The summed E-state index contributed by atoms with van der Waals surface area (Å²) in [4.78, 5) is 0. The number of nitrogens with zero attached hydrogens (tertiary/aromatic N) is 3. The van der Waals surface area contributed by atoms with Crippen LogP contribution in [0.4, 0.5) is 0 Å². The molecule has 0 spiro atoms. The van der Waals surface area contributed by atoms with Gasteiger partial charge in [-0.15, -0.1) is 0 Å². The van der Waals surface area contributed by atoms with Gasteiger partial charge in [0.25, 0.3) is 0 Å². The molecule has 0 unspecified atom stereocenters. The first-order valence-electron chi connectivity index (χ1n) is 8.36. The van der Waals surface area contributed by atoms with Crippen molar-refractivity contribution in [2.45, 2.75) is 20.4 Å². The molecule has 0 N–H and O–H groups in total. The molecule has 3 aromatic rings. The second kappa shape index (κ2) is 7.34. The van der Waals surface area contributed by atoms with E-state index in [9.17, 15) is 0 Å². The predicted octanol–water partition coefficient (Wildman–Crippen LogP) is 3.55. The molecule has 0 aliphatic rings. The second-order valence-corrected chi connectivity index (χ2v) is 6.29. The maximum absolute atomic E-state index is 5.53. The molecule has 2 heterocycles. The van der Waals surface area contributed by atoms with Crippen LogP contribution in [0.15, 0.2) is 48.8 Å². The Morgan fingerprint density at radius 2 is 1.76 bits per heavy atom. The molecule has 4 nitrogen and oxygen atoms in total. The van der Waals surface area contributed by atoms with Gasteiger partial charge in [-0.3, -0.25) is 4.68 Å². The molecule has 4 heteroatoms. The van der Waals surface area contributed by atoms with Crippen LogP contribution in [-0.2, 0) is 13.6 Å². The smallest absolute Gasteiger partial charge is 0.169 e. The quantitative estimate of drug-likeness (QED) is 0.668. The van der Waals surface area contributed by atoms with Crippen LogP contribution in [0.2, 0.25) is 0 Å². The summed E-state index contributed by atoms with van der Waals surface area (Å²) in [6.45, 7) is 4.79. The molecule has 2 aromatic heterocycles. The maximum atomic E-state index is 5.53. The zero-order valence-electron chi connectivity index (χ0n) is 15.2. The summed E-state index contributed by atoms with van der Waals surface area (Å²) in [5, 5.41) is 4.55. The first kappa shape index (κ1) is 17.0. The van der Waals surface area contributed by atoms with Gasteiger partial charge in [0.1, 0.15) is 12.8 Å². The fraction of sp³-hybridized carbons (Fsp3) is 0.238. The Bertz CT molecular complexity index is 892. The minimum Gasteiger partial charge on any atom is -0.496 e. The van der Waals surface area contributed by atoms with E-state index in [1.165, 1.54) is 5.56 Å². The third kappa shape index (κ3) is 4.15. The van der Waals surface area contributed by atoms with Crippen molar-refractivity contribution < 1.29 is 9.30 Å². The average Bonchev–Trinajstić information content (AvgIpc) is 2.92. The molecule has 1 aromatic carbocycles. The highest BCUT2D eigenvalue weighted by Crippen LogP contribution is 2.23. The lowest BCUT2D eigenvalue weighted by molar-refractivity contribution is -0.671. The van der Waals surface area contributed by atoms with E-state index in [1.54, 1.807) is 7.11 Å². The number of hydrogen-bond acceptors (Lipinski definition) is 2. The lowest BCUT2D eigenvalue weighted by Crippen LogP contribution is -2.25. The molecule has 0 bridgehead atoms. The van der Waals surface area contributed by atoms with Crippen molar-refractivity contribution in [2.24, 2.45) is 7.05 Å². The fourth-order valence-corrected chi connectivity index (χ4v) is 2.84. The van der Waals surface area contributed by atoms with Crippen LogP contribution in [0, 0.1) is 13.8 Å². The summed E-state index contributed by atoms with van der Waals surface area (Å²) in [5.74, 6) is 0.886. The standard InChI is InChI=1S/C21H24N3O/c1-16-13-17(2)24(22-16)15-20-14-19(7-8-21(20)25-4)6-5-18-9-11-23(3)12-10-18/h5-14H,15H2,1-4H3/q+1/b6-5+. The number of ether oxygens (including phenoxy) is 1. The van der Waals surface area contributed by atoms with E-state index in [1.807, 2.05) is 41.7 Å². The molecular formula is C21H24N3O+. The molecule has 0 fully saturated rings. The van der Waals surface area contributed by atoms with Gasteiger partial charge in [-0.2, -0.15) is 5.10 Å². The normalized spacial score (nSPS) is 11.2. The van der Waals surface area contributed by atoms with E-state index in [4.69, 9.17) is 4.74 Å². The van der Waals surface area contributed by atoms with E-state index in [0.717, 1.165) is 28.3 Å². The predicted molar refractivity (Wildman–Crippen MR) is 100 cm³/mol. The summed E-state index contributed by atoms with van der Waals surface area (Å²) >= 11 is 0. The largest absolute Gasteiger partial charge is 0.496 e. The molecule has 128 valence electrons. The van der Waals surface area contributed by atoms with Crippen molar-refractivity contribution in [3.8, 4) is 5.75 Å². The highest BCUT2D eigenvalue weighted by molar-refractivity contribution is 5.70. The van der Waals surface area contributed by atoms with E-state index in [2.05, 4.69) is 54.5 Å². The number of hydrogen-bond donors (Lipinski definition) is 0. The van der Waals surface area contributed by atoms with Gasteiger partial charge >= 0.3 is 0 Å². The molecule has 0 saturated heterocycles. The lowest BCUT2D eigenvalue weighted by atomic mass is 10.1. The van der Waals surface area contributed by atoms with Crippen molar-refractivity contribution in [1.82, 2.24) is 9.78 Å². The van der Waals surface area contributed by atoms with Gasteiger partial charge in [-0.1, -0.05) is 18.2 Å². The van der Waals surface area contributed by atoms with Gasteiger partial charge in [-0.05, 0) is 43.2 Å². The molecule has 0 saturated carbocycles. The Balaban J connectivity index is 1.86. The molecule has 0 radical (unpaired) electrons. The SMILES string of the molecule is COc1ccc(/C=C/c2cc[n+](C)cc2)cc1Cn1nc(C)cc1C. The number of methoxy groups -OCH3 is 1. The summed E-state index contributed by atoms with van der Waals surface area (Å²) in [7, 11) is 3.72. The van der Waals surface area contributed by atoms with Crippen LogP contribution in [0.5, 0.6) is 5.75 Å². The summed E-state index contributed by atoms with van der Waals surface area (Å²) in [6.07, 6.45) is 8.33. The number of aryl methyl sites for hydroxylation is 3. The summed E-state index contributed by atoms with van der Waals surface area (Å²) < 4.78 is 9.56. The first-order chi connectivity index (χ1) is 12.0. The van der Waals surface area contributed by atoms with Gasteiger partial charge in [0, 0.05) is 23.4 Å². The van der Waals surface area contributed by atoms with Crippen LogP contribution >= 0.6 is 0 Å². The van der Waals surface area contributed by atoms with Crippen molar-refractivity contribution >= 4 is 12.2 Å². The third-order valence-corrected chi connectivity index (χ3v) is 4.20. The second-order valence-electron chi connectivity index (χ2n) is 6.29. The lowest BCUT2D eigenvalue weighted by Gasteiger charge is -2.11. The number of benzene rings is 1. The van der Waals surface area contributed by atoms with Gasteiger partial charge in [0.05, 0.1) is 19.3 Å². The Labute approximate surface area is 149 Å². The van der Waals surface area contributed by atoms with Crippen LogP contribution in [0.3, 0.4) is 0 Å². The number of pyridine rings is 1. The Hall–Kier alpha value is -2.88. The van der Waals surface area contributed by atoms with E-state index in [-0.39, 0.29) is 0 Å². The Kier molecular flexibility index (Phi) is 4.98. The first-order valence-corrected chi connectivity index (χ1v) is 8.36. The molecule has 0 amide bonds. The van der Waals surface area contributed by atoms with Crippen LogP contribution < -0.4 is 9.30 Å². The van der Waals surface area contributed by atoms with Gasteiger partial charge < -0.3 is 4.74 Å². The van der Waals surface area contributed by atoms with Crippen molar-refractivity contribution in [3.05, 3.63) is 76.9 Å². The third-order valence-electron chi connectivity index (χ3n) is 4.20. The molecular weight excluding hydrogens is 310 g/mol. The van der Waals surface area contributed by atoms with E-state index >= 15 is 0 Å². The minimum absolute atomic E-state index is 0.700. The highest BCUT2D eigenvalue weighted by Gasteiger charge is 2.08. The summed E-state index contributed by atoms with van der Waals surface area (Å²) in [5.41, 5.74) is 5.62. The van der Waals surface area contributed by atoms with Crippen LogP contribution in [-0.4, -0.2) is 16.9 Å². The monoisotopic (exact) mass is 334 g/mol. The summed E-state index contributed by atoms with van der Waals surface area (Å²) in [6, 6.07) is 12.5. The van der Waals surface area contributed by atoms with Gasteiger partial charge in [0.2, 0.25) is 0 Å². The van der Waals surface area contributed by atoms with E-state index < -0.39 is 0 Å². The Morgan fingerprint density at radius 3 is 2.40 bits per heavy atom. The van der Waals surface area contributed by atoms with Crippen molar-refractivity contribution in [1.29, 1.82) is 0 Å². The number of aromatic nitrogens is 3. The zero-order chi connectivity index (χ0) is 17.8. The van der Waals surface area contributed by atoms with Crippen molar-refractivity contribution in [2.75, 3.05) is 7.11 Å². The highest BCUT2D eigenvalue weighted by atomic mass is 16.5. The van der Waals surface area contributed by atoms with Crippen LogP contribution in [0.1, 0.15) is 28.1 Å². The molecule has 0 aliphatic heterocycles. The van der Waals surface area contributed by atoms with Gasteiger partial charge in [0.15, 0.2) is 12.4 Å². The average molecular weight is 334 g/mol. The van der Waals surface area contributed by atoms with Gasteiger partial charge in [-0.25, -0.2) is 4.57 Å². The topological polar surface area (TPSA) is 30.9 Å². The minimum atomic E-state index is 0.700. The van der Waals surface area contributed by atoms with E-state index in [0.29, 0.717) is 6.54 Å². The van der Waals surface area contributed by atoms with Crippen LogP contribution in [0.25, 0.3) is 12.2 Å². The number of rotatable bonds is 5.